The molecular formula is C17H20N2OS. The second-order valence-electron chi connectivity index (χ2n) is 5.46. The minimum absolute atomic E-state index is 0.0972. The van der Waals surface area contributed by atoms with E-state index in [2.05, 4.69) is 11.9 Å². The molecular weight excluding hydrogens is 280 g/mol. The average Bonchev–Trinajstić information content (AvgIpc) is 3.05. The van der Waals surface area contributed by atoms with Crippen molar-refractivity contribution in [1.29, 1.82) is 0 Å². The zero-order valence-corrected chi connectivity index (χ0v) is 13.1. The van der Waals surface area contributed by atoms with E-state index in [-0.39, 0.29) is 5.91 Å². The van der Waals surface area contributed by atoms with Crippen molar-refractivity contribution >= 4 is 17.2 Å². The van der Waals surface area contributed by atoms with E-state index < -0.39 is 0 Å². The summed E-state index contributed by atoms with van der Waals surface area (Å²) in [5, 5.41) is 2.82. The first-order chi connectivity index (χ1) is 10.3. The van der Waals surface area contributed by atoms with E-state index in [9.17, 15) is 4.79 Å². The zero-order valence-electron chi connectivity index (χ0n) is 12.3. The number of aromatic nitrogens is 1. The summed E-state index contributed by atoms with van der Waals surface area (Å²) in [6.07, 6.45) is 4.49. The normalized spacial score (nSPS) is 18.7. The number of nitrogens with zero attached hydrogens (tertiary/aromatic N) is 2. The van der Waals surface area contributed by atoms with Crippen LogP contribution in [0, 0.1) is 0 Å². The summed E-state index contributed by atoms with van der Waals surface area (Å²) in [7, 11) is 0. The molecule has 1 aromatic heterocycles. The Morgan fingerprint density at radius 2 is 2.14 bits per heavy atom. The molecule has 110 valence electrons. The quantitative estimate of drug-likeness (QED) is 0.850. The topological polar surface area (TPSA) is 33.2 Å². The van der Waals surface area contributed by atoms with E-state index in [0.717, 1.165) is 36.4 Å². The van der Waals surface area contributed by atoms with Gasteiger partial charge in [-0.1, -0.05) is 37.3 Å². The number of hydrogen-bond donors (Lipinski definition) is 0. The van der Waals surface area contributed by atoms with Crippen LogP contribution in [0.4, 0.5) is 0 Å². The SMILES string of the molecule is CCC1CCCCN1C(=O)c1csc(-c2ccccc2)n1. The third kappa shape index (κ3) is 3.00. The number of carbonyl (C=O) groups excluding carboxylic acids is 1. The first-order valence-corrected chi connectivity index (χ1v) is 8.49. The molecule has 0 saturated carbocycles. The molecule has 1 aliphatic heterocycles. The van der Waals surface area contributed by atoms with Crippen molar-refractivity contribution in [2.75, 3.05) is 6.54 Å². The molecule has 0 radical (unpaired) electrons. The van der Waals surface area contributed by atoms with Gasteiger partial charge in [-0.05, 0) is 25.7 Å². The Hall–Kier alpha value is -1.68. The van der Waals surface area contributed by atoms with E-state index in [4.69, 9.17) is 0 Å². The number of amides is 1. The van der Waals surface area contributed by atoms with Crippen molar-refractivity contribution in [3.63, 3.8) is 0 Å². The van der Waals surface area contributed by atoms with Crippen LogP contribution >= 0.6 is 11.3 Å². The Morgan fingerprint density at radius 1 is 1.33 bits per heavy atom. The predicted octanol–water partition coefficient (Wildman–Crippen LogP) is 4.21. The number of likely N-dealkylation sites (tertiary alicyclic amines) is 1. The molecule has 1 amide bonds. The van der Waals surface area contributed by atoms with Gasteiger partial charge in [-0.2, -0.15) is 0 Å². The van der Waals surface area contributed by atoms with Gasteiger partial charge in [-0.25, -0.2) is 4.98 Å². The highest BCUT2D eigenvalue weighted by molar-refractivity contribution is 7.13. The Balaban J connectivity index is 1.81. The van der Waals surface area contributed by atoms with Crippen LogP contribution in [0.5, 0.6) is 0 Å². The van der Waals surface area contributed by atoms with E-state index in [1.165, 1.54) is 6.42 Å². The van der Waals surface area contributed by atoms with Crippen LogP contribution in [0.3, 0.4) is 0 Å². The molecule has 1 aliphatic rings. The molecule has 0 spiro atoms. The van der Waals surface area contributed by atoms with Gasteiger partial charge in [0.15, 0.2) is 0 Å². The first kappa shape index (κ1) is 14.3. The van der Waals surface area contributed by atoms with Crippen LogP contribution in [-0.4, -0.2) is 28.4 Å². The second-order valence-corrected chi connectivity index (χ2v) is 6.32. The average molecular weight is 300 g/mol. The molecule has 3 nitrogen and oxygen atoms in total. The standard InChI is InChI=1S/C17H20N2OS/c1-2-14-10-6-7-11-19(14)17(20)15-12-21-16(18-15)13-8-4-3-5-9-13/h3-5,8-9,12,14H,2,6-7,10-11H2,1H3. The maximum absolute atomic E-state index is 12.7. The van der Waals surface area contributed by atoms with Gasteiger partial charge in [0.05, 0.1) is 0 Å². The van der Waals surface area contributed by atoms with E-state index >= 15 is 0 Å². The van der Waals surface area contributed by atoms with Crippen molar-refractivity contribution in [3.8, 4) is 10.6 Å². The summed E-state index contributed by atoms with van der Waals surface area (Å²) >= 11 is 1.55. The molecule has 1 aromatic carbocycles. The summed E-state index contributed by atoms with van der Waals surface area (Å²) in [5.41, 5.74) is 1.67. The second kappa shape index (κ2) is 6.39. The number of rotatable bonds is 3. The van der Waals surface area contributed by atoms with Gasteiger partial charge in [-0.15, -0.1) is 11.3 Å². The molecule has 1 saturated heterocycles. The molecule has 0 aliphatic carbocycles. The maximum Gasteiger partial charge on any atom is 0.273 e. The minimum atomic E-state index is 0.0972. The summed E-state index contributed by atoms with van der Waals surface area (Å²) in [5.74, 6) is 0.0972. The highest BCUT2D eigenvalue weighted by Crippen LogP contribution is 2.26. The third-order valence-corrected chi connectivity index (χ3v) is 4.99. The van der Waals surface area contributed by atoms with E-state index in [0.29, 0.717) is 11.7 Å². The van der Waals surface area contributed by atoms with E-state index in [1.807, 2.05) is 40.6 Å². The molecule has 0 N–H and O–H groups in total. The highest BCUT2D eigenvalue weighted by atomic mass is 32.1. The number of benzene rings is 1. The Bertz CT molecular complexity index is 608. The monoisotopic (exact) mass is 300 g/mol. The molecule has 2 aromatic rings. The smallest absolute Gasteiger partial charge is 0.273 e. The molecule has 3 rings (SSSR count). The summed E-state index contributed by atoms with van der Waals surface area (Å²) in [6.45, 7) is 3.03. The maximum atomic E-state index is 12.7. The number of thiazole rings is 1. The largest absolute Gasteiger partial charge is 0.334 e. The van der Waals surface area contributed by atoms with Crippen molar-refractivity contribution in [2.24, 2.45) is 0 Å². The highest BCUT2D eigenvalue weighted by Gasteiger charge is 2.27. The number of carbonyl (C=O) groups is 1. The molecule has 21 heavy (non-hydrogen) atoms. The Kier molecular flexibility index (Phi) is 4.34. The van der Waals surface area contributed by atoms with Gasteiger partial charge < -0.3 is 4.90 Å². The fourth-order valence-electron chi connectivity index (χ4n) is 2.92. The molecule has 4 heteroatoms. The Labute approximate surface area is 129 Å². The third-order valence-electron chi connectivity index (χ3n) is 4.10. The molecule has 1 fully saturated rings. The van der Waals surface area contributed by atoms with E-state index in [1.54, 1.807) is 11.3 Å². The minimum Gasteiger partial charge on any atom is -0.334 e. The van der Waals surface area contributed by atoms with Crippen LogP contribution in [0.25, 0.3) is 10.6 Å². The summed E-state index contributed by atoms with van der Waals surface area (Å²) < 4.78 is 0. The zero-order chi connectivity index (χ0) is 14.7. The predicted molar refractivity (Wildman–Crippen MR) is 86.5 cm³/mol. The van der Waals surface area contributed by atoms with Crippen LogP contribution in [0.1, 0.15) is 43.1 Å². The van der Waals surface area contributed by atoms with Crippen molar-refractivity contribution in [1.82, 2.24) is 9.88 Å². The molecule has 2 heterocycles. The summed E-state index contributed by atoms with van der Waals surface area (Å²) in [4.78, 5) is 19.3. The van der Waals surface area contributed by atoms with Gasteiger partial charge in [0.25, 0.3) is 5.91 Å². The van der Waals surface area contributed by atoms with Crippen molar-refractivity contribution in [2.45, 2.75) is 38.6 Å². The Morgan fingerprint density at radius 3 is 2.90 bits per heavy atom. The van der Waals surface area contributed by atoms with Crippen molar-refractivity contribution in [3.05, 3.63) is 41.4 Å². The van der Waals surface area contributed by atoms with Gasteiger partial charge in [0, 0.05) is 23.5 Å². The lowest BCUT2D eigenvalue weighted by atomic mass is 10.00. The number of hydrogen-bond acceptors (Lipinski definition) is 3. The van der Waals surface area contributed by atoms with Crippen LogP contribution in [0.2, 0.25) is 0 Å². The van der Waals surface area contributed by atoms with Gasteiger partial charge in [0.1, 0.15) is 10.7 Å². The summed E-state index contributed by atoms with van der Waals surface area (Å²) in [6, 6.07) is 10.4. The van der Waals surface area contributed by atoms with Gasteiger partial charge in [0.2, 0.25) is 0 Å². The lowest BCUT2D eigenvalue weighted by Gasteiger charge is -2.34. The fourth-order valence-corrected chi connectivity index (χ4v) is 3.72. The first-order valence-electron chi connectivity index (χ1n) is 7.61. The van der Waals surface area contributed by atoms with Crippen molar-refractivity contribution < 1.29 is 4.79 Å². The lowest BCUT2D eigenvalue weighted by molar-refractivity contribution is 0.0603. The van der Waals surface area contributed by atoms with Crippen LogP contribution < -0.4 is 0 Å². The van der Waals surface area contributed by atoms with Gasteiger partial charge in [-0.3, -0.25) is 4.79 Å². The lowest BCUT2D eigenvalue weighted by Crippen LogP contribution is -2.43. The van der Waals surface area contributed by atoms with Gasteiger partial charge >= 0.3 is 0 Å². The molecule has 1 atom stereocenters. The number of piperidine rings is 1. The fraction of sp³-hybridized carbons (Fsp3) is 0.412. The molecule has 1 unspecified atom stereocenters. The van der Waals surface area contributed by atoms with Crippen LogP contribution in [-0.2, 0) is 0 Å². The van der Waals surface area contributed by atoms with Crippen LogP contribution in [0.15, 0.2) is 35.7 Å². The molecule has 0 bridgehead atoms.